The first-order valence-corrected chi connectivity index (χ1v) is 3.47. The van der Waals surface area contributed by atoms with Gasteiger partial charge in [0.2, 0.25) is 0 Å². The lowest BCUT2D eigenvalue weighted by Gasteiger charge is -2.10. The lowest BCUT2D eigenvalue weighted by Crippen LogP contribution is -2.11. The summed E-state index contributed by atoms with van der Waals surface area (Å²) in [4.78, 5) is 10.3. The molecular formula is C8H5F4NO. The van der Waals surface area contributed by atoms with Gasteiger partial charge in [-0.25, -0.2) is 4.39 Å². The van der Waals surface area contributed by atoms with Crippen molar-refractivity contribution in [2.24, 2.45) is 0 Å². The van der Waals surface area contributed by atoms with Crippen LogP contribution in [0.25, 0.3) is 0 Å². The second kappa shape index (κ2) is 3.28. The SMILES string of the molecule is Nc1cc(F)cc(C(F)(F)F)c1C=O. The number of benzene rings is 1. The third kappa shape index (κ3) is 1.84. The van der Waals surface area contributed by atoms with Crippen LogP contribution in [0.1, 0.15) is 15.9 Å². The minimum absolute atomic E-state index is 0.0441. The highest BCUT2D eigenvalue weighted by atomic mass is 19.4. The zero-order valence-electron chi connectivity index (χ0n) is 6.73. The summed E-state index contributed by atoms with van der Waals surface area (Å²) < 4.78 is 49.2. The largest absolute Gasteiger partial charge is 0.417 e. The van der Waals surface area contributed by atoms with Crippen LogP contribution in [0.2, 0.25) is 0 Å². The molecule has 0 spiro atoms. The molecule has 0 bridgehead atoms. The summed E-state index contributed by atoms with van der Waals surface area (Å²) in [6.07, 6.45) is -4.83. The van der Waals surface area contributed by atoms with Crippen molar-refractivity contribution in [3.05, 3.63) is 29.1 Å². The first-order valence-electron chi connectivity index (χ1n) is 3.47. The van der Waals surface area contributed by atoms with Crippen LogP contribution in [0.15, 0.2) is 12.1 Å². The van der Waals surface area contributed by atoms with Gasteiger partial charge in [-0.1, -0.05) is 0 Å². The predicted octanol–water partition coefficient (Wildman–Crippen LogP) is 2.24. The van der Waals surface area contributed by atoms with Crippen LogP contribution in [-0.2, 0) is 6.18 Å². The number of hydrogen-bond acceptors (Lipinski definition) is 2. The smallest absolute Gasteiger partial charge is 0.398 e. The summed E-state index contributed by atoms with van der Waals surface area (Å²) in [5, 5.41) is 0. The number of anilines is 1. The Balaban J connectivity index is 3.48. The minimum Gasteiger partial charge on any atom is -0.398 e. The Morgan fingerprint density at radius 3 is 2.29 bits per heavy atom. The Labute approximate surface area is 76.3 Å². The summed E-state index contributed by atoms with van der Waals surface area (Å²) in [5.41, 5.74) is 2.44. The lowest BCUT2D eigenvalue weighted by atomic mass is 10.1. The number of nitrogen functional groups attached to an aromatic ring is 1. The molecule has 2 nitrogen and oxygen atoms in total. The molecule has 1 aromatic rings. The van der Waals surface area contributed by atoms with Gasteiger partial charge in [0.1, 0.15) is 5.82 Å². The van der Waals surface area contributed by atoms with E-state index in [0.717, 1.165) is 0 Å². The maximum atomic E-state index is 12.6. The maximum Gasteiger partial charge on any atom is 0.417 e. The standard InChI is InChI=1S/C8H5F4NO/c9-4-1-6(8(10,11)12)5(3-14)7(13)2-4/h1-3H,13H2. The average Bonchev–Trinajstić information content (AvgIpc) is 2.01. The highest BCUT2D eigenvalue weighted by Crippen LogP contribution is 2.34. The van der Waals surface area contributed by atoms with Crippen molar-refractivity contribution in [2.75, 3.05) is 5.73 Å². The molecule has 0 aromatic heterocycles. The van der Waals surface area contributed by atoms with E-state index >= 15 is 0 Å². The summed E-state index contributed by atoms with van der Waals surface area (Å²) in [7, 11) is 0. The van der Waals surface area contributed by atoms with E-state index < -0.39 is 28.8 Å². The molecule has 0 aliphatic heterocycles. The van der Waals surface area contributed by atoms with Gasteiger partial charge in [-0.2, -0.15) is 13.2 Å². The molecule has 14 heavy (non-hydrogen) atoms. The third-order valence-corrected chi connectivity index (χ3v) is 1.60. The lowest BCUT2D eigenvalue weighted by molar-refractivity contribution is -0.138. The van der Waals surface area contributed by atoms with Gasteiger partial charge in [-0.15, -0.1) is 0 Å². The molecular weight excluding hydrogens is 202 g/mol. The van der Waals surface area contributed by atoms with Gasteiger partial charge >= 0.3 is 6.18 Å². The van der Waals surface area contributed by atoms with Crippen molar-refractivity contribution in [1.82, 2.24) is 0 Å². The molecule has 2 N–H and O–H groups in total. The second-order valence-corrected chi connectivity index (χ2v) is 2.57. The van der Waals surface area contributed by atoms with E-state index in [1.165, 1.54) is 0 Å². The molecule has 0 saturated heterocycles. The number of halogens is 4. The fraction of sp³-hybridized carbons (Fsp3) is 0.125. The quantitative estimate of drug-likeness (QED) is 0.436. The molecule has 0 amide bonds. The van der Waals surface area contributed by atoms with E-state index in [9.17, 15) is 22.4 Å². The topological polar surface area (TPSA) is 43.1 Å². The Hall–Kier alpha value is -1.59. The molecule has 6 heteroatoms. The van der Waals surface area contributed by atoms with Crippen LogP contribution in [-0.4, -0.2) is 6.29 Å². The van der Waals surface area contributed by atoms with Gasteiger partial charge in [0.15, 0.2) is 6.29 Å². The molecule has 76 valence electrons. The van der Waals surface area contributed by atoms with Crippen molar-refractivity contribution in [3.8, 4) is 0 Å². The number of carbonyl (C=O) groups excluding carboxylic acids is 1. The van der Waals surface area contributed by atoms with Crippen molar-refractivity contribution >= 4 is 12.0 Å². The number of nitrogens with two attached hydrogens (primary N) is 1. The number of hydrogen-bond donors (Lipinski definition) is 1. The van der Waals surface area contributed by atoms with Crippen LogP contribution in [0.4, 0.5) is 23.2 Å². The van der Waals surface area contributed by atoms with Crippen molar-refractivity contribution in [2.45, 2.75) is 6.18 Å². The van der Waals surface area contributed by atoms with Crippen LogP contribution in [0, 0.1) is 5.82 Å². The van der Waals surface area contributed by atoms with Gasteiger partial charge in [0, 0.05) is 11.3 Å². The van der Waals surface area contributed by atoms with E-state index in [0.29, 0.717) is 6.07 Å². The molecule has 0 aliphatic rings. The molecule has 0 aliphatic carbocycles. The zero-order valence-corrected chi connectivity index (χ0v) is 6.73. The number of carbonyl (C=O) groups is 1. The maximum absolute atomic E-state index is 12.6. The predicted molar refractivity (Wildman–Crippen MR) is 41.2 cm³/mol. The Morgan fingerprint density at radius 2 is 1.86 bits per heavy atom. The van der Waals surface area contributed by atoms with Crippen molar-refractivity contribution < 1.29 is 22.4 Å². The first kappa shape index (κ1) is 10.5. The van der Waals surface area contributed by atoms with Crippen LogP contribution in [0.5, 0.6) is 0 Å². The van der Waals surface area contributed by atoms with Gasteiger partial charge in [0.25, 0.3) is 0 Å². The molecule has 0 heterocycles. The third-order valence-electron chi connectivity index (χ3n) is 1.60. The van der Waals surface area contributed by atoms with E-state index in [-0.39, 0.29) is 12.4 Å². The highest BCUT2D eigenvalue weighted by molar-refractivity contribution is 5.85. The molecule has 0 saturated carbocycles. The average molecular weight is 207 g/mol. The summed E-state index contributed by atoms with van der Waals surface area (Å²) >= 11 is 0. The minimum atomic E-state index is -4.79. The first-order chi connectivity index (χ1) is 6.36. The number of alkyl halides is 3. The molecule has 1 aromatic carbocycles. The van der Waals surface area contributed by atoms with Gasteiger partial charge in [-0.05, 0) is 12.1 Å². The van der Waals surface area contributed by atoms with Crippen LogP contribution in [0.3, 0.4) is 0 Å². The highest BCUT2D eigenvalue weighted by Gasteiger charge is 2.34. The fourth-order valence-corrected chi connectivity index (χ4v) is 1.01. The number of aldehydes is 1. The van der Waals surface area contributed by atoms with E-state index in [1.807, 2.05) is 0 Å². The van der Waals surface area contributed by atoms with Crippen molar-refractivity contribution in [1.29, 1.82) is 0 Å². The fourth-order valence-electron chi connectivity index (χ4n) is 1.01. The zero-order chi connectivity index (χ0) is 10.9. The molecule has 0 radical (unpaired) electrons. The Morgan fingerprint density at radius 1 is 1.29 bits per heavy atom. The van der Waals surface area contributed by atoms with E-state index in [4.69, 9.17) is 5.73 Å². The molecule has 0 atom stereocenters. The second-order valence-electron chi connectivity index (χ2n) is 2.57. The Kier molecular flexibility index (Phi) is 2.46. The Bertz CT molecular complexity index is 372. The van der Waals surface area contributed by atoms with Gasteiger partial charge in [-0.3, -0.25) is 4.79 Å². The number of rotatable bonds is 1. The monoisotopic (exact) mass is 207 g/mol. The molecule has 0 unspecified atom stereocenters. The van der Waals surface area contributed by atoms with Crippen LogP contribution >= 0.6 is 0 Å². The van der Waals surface area contributed by atoms with Crippen LogP contribution < -0.4 is 5.73 Å². The van der Waals surface area contributed by atoms with E-state index in [2.05, 4.69) is 0 Å². The summed E-state index contributed by atoms with van der Waals surface area (Å²) in [6.45, 7) is 0. The molecule has 0 fully saturated rings. The van der Waals surface area contributed by atoms with Crippen molar-refractivity contribution in [3.63, 3.8) is 0 Å². The van der Waals surface area contributed by atoms with E-state index in [1.54, 1.807) is 0 Å². The summed E-state index contributed by atoms with van der Waals surface area (Å²) in [5.74, 6) is -1.12. The molecule has 1 rings (SSSR count). The van der Waals surface area contributed by atoms with Gasteiger partial charge in [0.05, 0.1) is 5.56 Å². The normalized spacial score (nSPS) is 11.4. The van der Waals surface area contributed by atoms with Gasteiger partial charge < -0.3 is 5.73 Å². The summed E-state index contributed by atoms with van der Waals surface area (Å²) in [6, 6.07) is 0.902.